The number of nitrogens with two attached hydrogens (primary N) is 1. The molecule has 0 atom stereocenters. The van der Waals surface area contributed by atoms with Crippen molar-refractivity contribution >= 4 is 11.6 Å². The maximum Gasteiger partial charge on any atom is 0.272 e. The minimum Gasteiger partial charge on any atom is -0.454 e. The van der Waals surface area contributed by atoms with E-state index in [2.05, 4.69) is 0 Å². The van der Waals surface area contributed by atoms with Crippen LogP contribution in [0.2, 0.25) is 0 Å². The van der Waals surface area contributed by atoms with Gasteiger partial charge in [-0.1, -0.05) is 6.07 Å². The Bertz CT molecular complexity index is 688. The number of nitro benzene ring substituents is 1. The number of nitrogens with zero attached hydrogens (tertiary/aromatic N) is 1. The minimum atomic E-state index is -0.872. The second kappa shape index (κ2) is 5.35. The molecule has 0 bridgehead atoms. The van der Waals surface area contributed by atoms with Crippen LogP contribution in [0.15, 0.2) is 42.5 Å². The highest BCUT2D eigenvalue weighted by Gasteiger charge is 2.12. The largest absolute Gasteiger partial charge is 0.454 e. The van der Waals surface area contributed by atoms with E-state index in [1.807, 2.05) is 0 Å². The molecule has 0 spiro atoms. The van der Waals surface area contributed by atoms with Gasteiger partial charge in [0.15, 0.2) is 11.6 Å². The number of rotatable bonds is 4. The molecule has 0 saturated heterocycles. The van der Waals surface area contributed by atoms with E-state index in [1.54, 1.807) is 0 Å². The van der Waals surface area contributed by atoms with Gasteiger partial charge in [-0.05, 0) is 24.3 Å². The molecule has 0 unspecified atom stereocenters. The third kappa shape index (κ3) is 2.89. The summed E-state index contributed by atoms with van der Waals surface area (Å²) in [5, 5.41) is 10.5. The molecule has 1 amide bonds. The molecule has 0 aromatic heterocycles. The Morgan fingerprint density at radius 1 is 1.25 bits per heavy atom. The summed E-state index contributed by atoms with van der Waals surface area (Å²) in [5.74, 6) is -1.49. The van der Waals surface area contributed by atoms with E-state index in [4.69, 9.17) is 10.5 Å². The molecule has 2 aromatic carbocycles. The smallest absolute Gasteiger partial charge is 0.272 e. The molecule has 20 heavy (non-hydrogen) atoms. The van der Waals surface area contributed by atoms with Gasteiger partial charge >= 0.3 is 0 Å². The van der Waals surface area contributed by atoms with Gasteiger partial charge in [0.1, 0.15) is 5.75 Å². The summed E-state index contributed by atoms with van der Waals surface area (Å²) in [4.78, 5) is 20.8. The van der Waals surface area contributed by atoms with Crippen molar-refractivity contribution in [3.8, 4) is 11.5 Å². The van der Waals surface area contributed by atoms with Crippen LogP contribution in [0.4, 0.5) is 10.1 Å². The maximum atomic E-state index is 13.6. The molecular formula is C13H9FN2O4. The highest BCUT2D eigenvalue weighted by atomic mass is 19.1. The van der Waals surface area contributed by atoms with Gasteiger partial charge in [0, 0.05) is 11.6 Å². The highest BCUT2D eigenvalue weighted by molar-refractivity contribution is 5.93. The highest BCUT2D eigenvalue weighted by Crippen LogP contribution is 2.27. The van der Waals surface area contributed by atoms with Crippen LogP contribution in [0.25, 0.3) is 0 Å². The zero-order valence-corrected chi connectivity index (χ0v) is 10.1. The molecule has 0 heterocycles. The Hall–Kier alpha value is -2.96. The third-order valence-corrected chi connectivity index (χ3v) is 2.47. The summed E-state index contributed by atoms with van der Waals surface area (Å²) in [6.45, 7) is 0. The molecule has 0 saturated carbocycles. The van der Waals surface area contributed by atoms with Crippen molar-refractivity contribution in [2.45, 2.75) is 0 Å². The first-order valence-electron chi connectivity index (χ1n) is 5.49. The number of nitro groups is 1. The molecule has 2 rings (SSSR count). The number of non-ortho nitro benzene ring substituents is 1. The number of halogens is 1. The van der Waals surface area contributed by atoms with E-state index >= 15 is 0 Å². The molecule has 6 nitrogen and oxygen atoms in total. The SMILES string of the molecule is NC(=O)c1cccc(Oc2ccc([N+](=O)[O-])cc2F)c1. The normalized spacial score (nSPS) is 10.1. The first kappa shape index (κ1) is 13.5. The summed E-state index contributed by atoms with van der Waals surface area (Å²) in [5.41, 5.74) is 4.95. The van der Waals surface area contributed by atoms with E-state index < -0.39 is 16.6 Å². The van der Waals surface area contributed by atoms with Crippen molar-refractivity contribution < 1.29 is 18.8 Å². The fraction of sp³-hybridized carbons (Fsp3) is 0. The van der Waals surface area contributed by atoms with E-state index in [0.29, 0.717) is 0 Å². The number of amides is 1. The fourth-order valence-electron chi connectivity index (χ4n) is 1.53. The fourth-order valence-corrected chi connectivity index (χ4v) is 1.53. The summed E-state index contributed by atoms with van der Waals surface area (Å²) < 4.78 is 18.9. The number of ether oxygens (including phenoxy) is 1. The second-order valence-corrected chi connectivity index (χ2v) is 3.87. The van der Waals surface area contributed by atoms with Gasteiger partial charge in [-0.3, -0.25) is 14.9 Å². The van der Waals surface area contributed by atoms with Crippen molar-refractivity contribution in [3.63, 3.8) is 0 Å². The Labute approximate surface area is 112 Å². The molecular weight excluding hydrogens is 267 g/mol. The van der Waals surface area contributed by atoms with E-state index in [9.17, 15) is 19.3 Å². The summed E-state index contributed by atoms with van der Waals surface area (Å²) >= 11 is 0. The van der Waals surface area contributed by atoms with Crippen LogP contribution in [0.3, 0.4) is 0 Å². The van der Waals surface area contributed by atoms with Gasteiger partial charge < -0.3 is 10.5 Å². The average Bonchev–Trinajstić information content (AvgIpc) is 2.41. The van der Waals surface area contributed by atoms with Crippen molar-refractivity contribution in [2.75, 3.05) is 0 Å². The molecule has 0 aliphatic heterocycles. The first-order chi connectivity index (χ1) is 9.47. The minimum absolute atomic E-state index is 0.183. The molecule has 0 aliphatic carbocycles. The van der Waals surface area contributed by atoms with Crippen LogP contribution in [-0.2, 0) is 0 Å². The zero-order chi connectivity index (χ0) is 14.7. The van der Waals surface area contributed by atoms with Gasteiger partial charge in [-0.2, -0.15) is 0 Å². The number of hydrogen-bond acceptors (Lipinski definition) is 4. The van der Waals surface area contributed by atoms with Crippen molar-refractivity contribution in [1.29, 1.82) is 0 Å². The van der Waals surface area contributed by atoms with Gasteiger partial charge in [0.2, 0.25) is 5.91 Å². The Kier molecular flexibility index (Phi) is 3.60. The first-order valence-corrected chi connectivity index (χ1v) is 5.49. The van der Waals surface area contributed by atoms with Crippen LogP contribution in [-0.4, -0.2) is 10.8 Å². The molecule has 102 valence electrons. The van der Waals surface area contributed by atoms with E-state index in [0.717, 1.165) is 18.2 Å². The van der Waals surface area contributed by atoms with Crippen LogP contribution in [0.5, 0.6) is 11.5 Å². The maximum absolute atomic E-state index is 13.6. The lowest BCUT2D eigenvalue weighted by molar-refractivity contribution is -0.385. The molecule has 0 radical (unpaired) electrons. The topological polar surface area (TPSA) is 95.5 Å². The lowest BCUT2D eigenvalue weighted by Gasteiger charge is -2.07. The van der Waals surface area contributed by atoms with Gasteiger partial charge in [-0.15, -0.1) is 0 Å². The van der Waals surface area contributed by atoms with Crippen LogP contribution < -0.4 is 10.5 Å². The van der Waals surface area contributed by atoms with Crippen LogP contribution >= 0.6 is 0 Å². The molecule has 0 fully saturated rings. The number of primary amides is 1. The summed E-state index contributed by atoms with van der Waals surface area (Å²) in [6.07, 6.45) is 0. The number of carbonyl (C=O) groups excluding carboxylic acids is 1. The lowest BCUT2D eigenvalue weighted by atomic mass is 10.2. The Morgan fingerprint density at radius 3 is 2.60 bits per heavy atom. The molecule has 7 heteroatoms. The second-order valence-electron chi connectivity index (χ2n) is 3.87. The number of carbonyl (C=O) groups is 1. The van der Waals surface area contributed by atoms with Crippen molar-refractivity contribution in [3.05, 3.63) is 64.0 Å². The van der Waals surface area contributed by atoms with Crippen LogP contribution in [0.1, 0.15) is 10.4 Å². The summed E-state index contributed by atoms with van der Waals surface area (Å²) in [6, 6.07) is 8.89. The predicted octanol–water partition coefficient (Wildman–Crippen LogP) is 2.63. The van der Waals surface area contributed by atoms with Crippen molar-refractivity contribution in [2.24, 2.45) is 5.73 Å². The summed E-state index contributed by atoms with van der Waals surface area (Å²) in [7, 11) is 0. The standard InChI is InChI=1S/C13H9FN2O4/c14-11-7-9(16(18)19)4-5-12(11)20-10-3-1-2-8(6-10)13(15)17/h1-7H,(H2,15,17). The number of hydrogen-bond donors (Lipinski definition) is 1. The predicted molar refractivity (Wildman–Crippen MR) is 68.1 cm³/mol. The van der Waals surface area contributed by atoms with Crippen LogP contribution in [0, 0.1) is 15.9 Å². The quantitative estimate of drug-likeness (QED) is 0.685. The lowest BCUT2D eigenvalue weighted by Crippen LogP contribution is -2.10. The van der Waals surface area contributed by atoms with Gasteiger partial charge in [0.25, 0.3) is 5.69 Å². The Morgan fingerprint density at radius 2 is 2.00 bits per heavy atom. The van der Waals surface area contributed by atoms with Crippen molar-refractivity contribution in [1.82, 2.24) is 0 Å². The average molecular weight is 276 g/mol. The third-order valence-electron chi connectivity index (χ3n) is 2.47. The van der Waals surface area contributed by atoms with Gasteiger partial charge in [-0.25, -0.2) is 4.39 Å². The molecule has 0 aliphatic rings. The number of benzene rings is 2. The van der Waals surface area contributed by atoms with Gasteiger partial charge in [0.05, 0.1) is 11.0 Å². The molecule has 2 N–H and O–H groups in total. The zero-order valence-electron chi connectivity index (χ0n) is 10.1. The van der Waals surface area contributed by atoms with E-state index in [1.165, 1.54) is 24.3 Å². The Balaban J connectivity index is 2.28. The van der Waals surface area contributed by atoms with E-state index in [-0.39, 0.29) is 22.7 Å². The molecule has 2 aromatic rings. The monoisotopic (exact) mass is 276 g/mol.